The minimum absolute atomic E-state index is 0.221. The summed E-state index contributed by atoms with van der Waals surface area (Å²) in [4.78, 5) is 19.7. The van der Waals surface area contributed by atoms with Gasteiger partial charge < -0.3 is 14.3 Å². The van der Waals surface area contributed by atoms with E-state index in [-0.39, 0.29) is 11.3 Å². The highest BCUT2D eigenvalue weighted by atomic mass is 79.9. The van der Waals surface area contributed by atoms with E-state index in [0.29, 0.717) is 19.8 Å². The van der Waals surface area contributed by atoms with Gasteiger partial charge in [0.2, 0.25) is 9.04 Å². The lowest BCUT2D eigenvalue weighted by atomic mass is 10.5. The average molecular weight is 284 g/mol. The maximum Gasteiger partial charge on any atom is 0.316 e. The number of carbonyl (C=O) groups is 1. The molecule has 0 fully saturated rings. The second kappa shape index (κ2) is 9.63. The number of hydrogen-bond donors (Lipinski definition) is 1. The Hall–Kier alpha value is 0.0869. The summed E-state index contributed by atoms with van der Waals surface area (Å²) in [5, 5.41) is 0.221. The van der Waals surface area contributed by atoms with Crippen molar-refractivity contribution in [3.8, 4) is 0 Å². The number of esters is 1. The van der Waals surface area contributed by atoms with Crippen molar-refractivity contribution in [3.63, 3.8) is 0 Å². The Morgan fingerprint density at radius 2 is 2.14 bits per heavy atom. The van der Waals surface area contributed by atoms with E-state index < -0.39 is 9.04 Å². The summed E-state index contributed by atoms with van der Waals surface area (Å²) in [5.74, 6) is -0.275. The fourth-order valence-electron chi connectivity index (χ4n) is 0.785. The summed E-state index contributed by atoms with van der Waals surface area (Å²) in [7, 11) is -1.12. The van der Waals surface area contributed by atoms with Gasteiger partial charge >= 0.3 is 5.97 Å². The summed E-state index contributed by atoms with van der Waals surface area (Å²) < 4.78 is 9.96. The minimum atomic E-state index is -1.12. The van der Waals surface area contributed by atoms with Crippen LogP contribution in [0.15, 0.2) is 0 Å². The van der Waals surface area contributed by atoms with E-state index in [9.17, 15) is 4.79 Å². The molecule has 0 aromatic carbocycles. The molecular weight excluding hydrogens is 268 g/mol. The summed E-state index contributed by atoms with van der Waals surface area (Å²) in [6, 6.07) is 0.839. The second-order valence-corrected chi connectivity index (χ2v) is 5.34. The predicted octanol–water partition coefficient (Wildman–Crippen LogP) is 0.945. The Labute approximate surface area is 94.4 Å². The van der Waals surface area contributed by atoms with Crippen molar-refractivity contribution < 1.29 is 19.1 Å². The maximum absolute atomic E-state index is 10.6. The standard InChI is InChI=1S/C8H16BrO4Si/c1-14(11)6-2-3-12-4-5-13-8(10)7-9/h11H,2-7H2,1H3. The van der Waals surface area contributed by atoms with E-state index >= 15 is 0 Å². The van der Waals surface area contributed by atoms with Gasteiger partial charge in [0.25, 0.3) is 0 Å². The van der Waals surface area contributed by atoms with Gasteiger partial charge in [-0.05, 0) is 19.0 Å². The van der Waals surface area contributed by atoms with Crippen molar-refractivity contribution in [2.24, 2.45) is 0 Å². The Morgan fingerprint density at radius 1 is 1.43 bits per heavy atom. The molecule has 1 radical (unpaired) electrons. The molecule has 0 rings (SSSR count). The smallest absolute Gasteiger partial charge is 0.316 e. The highest BCUT2D eigenvalue weighted by Crippen LogP contribution is 1.95. The lowest BCUT2D eigenvalue weighted by molar-refractivity contribution is -0.141. The van der Waals surface area contributed by atoms with Crippen molar-refractivity contribution in [2.75, 3.05) is 25.2 Å². The van der Waals surface area contributed by atoms with E-state index in [4.69, 9.17) is 14.3 Å². The Morgan fingerprint density at radius 3 is 2.71 bits per heavy atom. The lowest BCUT2D eigenvalue weighted by Crippen LogP contribution is -2.12. The number of carbonyl (C=O) groups excluding carboxylic acids is 1. The molecule has 0 heterocycles. The molecule has 4 nitrogen and oxygen atoms in total. The molecule has 6 heteroatoms. The Balaban J connectivity index is 3.03. The van der Waals surface area contributed by atoms with Gasteiger partial charge in [-0.1, -0.05) is 15.9 Å². The molecule has 1 N–H and O–H groups in total. The molecule has 0 atom stereocenters. The van der Waals surface area contributed by atoms with Crippen LogP contribution in [0.4, 0.5) is 0 Å². The fourth-order valence-corrected chi connectivity index (χ4v) is 1.60. The van der Waals surface area contributed by atoms with Crippen LogP contribution in [0.5, 0.6) is 0 Å². The van der Waals surface area contributed by atoms with Crippen LogP contribution >= 0.6 is 15.9 Å². The molecule has 0 bridgehead atoms. The summed E-state index contributed by atoms with van der Waals surface area (Å²) in [6.45, 7) is 3.19. The minimum Gasteiger partial charge on any atom is -0.463 e. The first-order valence-electron chi connectivity index (χ1n) is 4.47. The van der Waals surface area contributed by atoms with E-state index in [2.05, 4.69) is 15.9 Å². The van der Waals surface area contributed by atoms with Gasteiger partial charge in [-0.25, -0.2) is 0 Å². The largest absolute Gasteiger partial charge is 0.463 e. The van der Waals surface area contributed by atoms with Crippen LogP contribution in [0, 0.1) is 0 Å². The van der Waals surface area contributed by atoms with Crippen molar-refractivity contribution in [3.05, 3.63) is 0 Å². The molecule has 0 aromatic heterocycles. The zero-order valence-electron chi connectivity index (χ0n) is 8.29. The summed E-state index contributed by atoms with van der Waals surface area (Å²) in [6.07, 6.45) is 0.869. The molecule has 0 aliphatic carbocycles. The number of rotatable bonds is 8. The molecule has 0 unspecified atom stereocenters. The van der Waals surface area contributed by atoms with Gasteiger partial charge in [0.05, 0.1) is 6.61 Å². The van der Waals surface area contributed by atoms with Gasteiger partial charge in [0.1, 0.15) is 11.9 Å². The van der Waals surface area contributed by atoms with Gasteiger partial charge in [0, 0.05) is 6.61 Å². The lowest BCUT2D eigenvalue weighted by Gasteiger charge is -2.05. The normalized spacial score (nSPS) is 10.6. The first-order chi connectivity index (χ1) is 6.66. The number of ether oxygens (including phenoxy) is 2. The number of alkyl halides is 1. The van der Waals surface area contributed by atoms with Crippen molar-refractivity contribution in [1.29, 1.82) is 0 Å². The molecule has 14 heavy (non-hydrogen) atoms. The molecule has 0 spiro atoms. The quantitative estimate of drug-likeness (QED) is 0.312. The van der Waals surface area contributed by atoms with Gasteiger partial charge in [0.15, 0.2) is 0 Å². The van der Waals surface area contributed by atoms with Crippen LogP contribution in [0.1, 0.15) is 6.42 Å². The SMILES string of the molecule is C[Si](O)CCCOCCOC(=O)CBr. The topological polar surface area (TPSA) is 55.8 Å². The third kappa shape index (κ3) is 10.2. The summed E-state index contributed by atoms with van der Waals surface area (Å²) >= 11 is 2.98. The van der Waals surface area contributed by atoms with E-state index in [1.807, 2.05) is 6.55 Å². The monoisotopic (exact) mass is 283 g/mol. The highest BCUT2D eigenvalue weighted by Gasteiger charge is 2.00. The molecule has 0 aliphatic heterocycles. The number of halogens is 1. The third-order valence-electron chi connectivity index (χ3n) is 1.43. The average Bonchev–Trinajstić information content (AvgIpc) is 2.15. The van der Waals surface area contributed by atoms with Gasteiger partial charge in [-0.2, -0.15) is 0 Å². The second-order valence-electron chi connectivity index (χ2n) is 2.81. The van der Waals surface area contributed by atoms with E-state index in [1.165, 1.54) is 0 Å². The van der Waals surface area contributed by atoms with Gasteiger partial charge in [-0.15, -0.1) is 0 Å². The Bertz CT molecular complexity index is 154. The number of hydrogen-bond acceptors (Lipinski definition) is 4. The predicted molar refractivity (Wildman–Crippen MR) is 58.8 cm³/mol. The first kappa shape index (κ1) is 14.1. The molecule has 0 aliphatic rings. The molecule has 0 saturated heterocycles. The maximum atomic E-state index is 10.6. The first-order valence-corrected chi connectivity index (χ1v) is 7.75. The van der Waals surface area contributed by atoms with E-state index in [1.54, 1.807) is 0 Å². The van der Waals surface area contributed by atoms with Crippen LogP contribution in [0.2, 0.25) is 12.6 Å². The highest BCUT2D eigenvalue weighted by molar-refractivity contribution is 9.09. The molecule has 0 amide bonds. The molecule has 0 saturated carbocycles. The Kier molecular flexibility index (Phi) is 9.69. The van der Waals surface area contributed by atoms with Crippen LogP contribution in [-0.2, 0) is 14.3 Å². The van der Waals surface area contributed by atoms with Crippen molar-refractivity contribution in [1.82, 2.24) is 0 Å². The molecule has 83 valence electrons. The zero-order valence-corrected chi connectivity index (χ0v) is 10.9. The van der Waals surface area contributed by atoms with Crippen molar-refractivity contribution in [2.45, 2.75) is 19.0 Å². The van der Waals surface area contributed by atoms with Crippen LogP contribution < -0.4 is 0 Å². The van der Waals surface area contributed by atoms with Crippen LogP contribution in [0.3, 0.4) is 0 Å². The molecular formula is C8H16BrO4Si. The summed E-state index contributed by atoms with van der Waals surface area (Å²) in [5.41, 5.74) is 0. The fraction of sp³-hybridized carbons (Fsp3) is 0.875. The van der Waals surface area contributed by atoms with Crippen molar-refractivity contribution >= 4 is 30.9 Å². The molecule has 0 aromatic rings. The van der Waals surface area contributed by atoms with Gasteiger partial charge in [-0.3, -0.25) is 4.79 Å². The van der Waals surface area contributed by atoms with E-state index in [0.717, 1.165) is 12.5 Å². The zero-order chi connectivity index (χ0) is 10.8. The van der Waals surface area contributed by atoms with Crippen LogP contribution in [0.25, 0.3) is 0 Å². The third-order valence-corrected chi connectivity index (χ3v) is 2.96. The van der Waals surface area contributed by atoms with Crippen LogP contribution in [-0.4, -0.2) is 45.0 Å².